The van der Waals surface area contributed by atoms with Crippen molar-refractivity contribution in [3.8, 4) is 0 Å². The zero-order valence-electron chi connectivity index (χ0n) is 9.61. The molecule has 2 rings (SSSR count). The summed E-state index contributed by atoms with van der Waals surface area (Å²) in [7, 11) is 0. The lowest BCUT2D eigenvalue weighted by atomic mass is 10.3. The molecule has 6 heteroatoms. The molecule has 0 unspecified atom stereocenters. The van der Waals surface area contributed by atoms with Crippen molar-refractivity contribution in [3.63, 3.8) is 0 Å². The Morgan fingerprint density at radius 3 is 2.88 bits per heavy atom. The predicted octanol–water partition coefficient (Wildman–Crippen LogP) is 0.295. The highest BCUT2D eigenvalue weighted by Gasteiger charge is 2.10. The van der Waals surface area contributed by atoms with Gasteiger partial charge in [0.1, 0.15) is 0 Å². The lowest BCUT2D eigenvalue weighted by molar-refractivity contribution is 0.0663. The Balaban J connectivity index is 1.71. The van der Waals surface area contributed by atoms with Crippen molar-refractivity contribution >= 4 is 11.9 Å². The molecule has 0 bridgehead atoms. The Morgan fingerprint density at radius 1 is 1.47 bits per heavy atom. The third-order valence-electron chi connectivity index (χ3n) is 2.75. The maximum absolute atomic E-state index is 10.6. The largest absolute Gasteiger partial charge is 0.475 e. The number of hydrogen-bond acceptors (Lipinski definition) is 5. The van der Waals surface area contributed by atoms with Crippen LogP contribution in [0.25, 0.3) is 0 Å². The summed E-state index contributed by atoms with van der Waals surface area (Å²) in [6, 6.07) is 3.09. The second kappa shape index (κ2) is 5.70. The van der Waals surface area contributed by atoms with E-state index < -0.39 is 5.97 Å². The smallest absolute Gasteiger partial charge is 0.371 e. The van der Waals surface area contributed by atoms with Gasteiger partial charge in [-0.05, 0) is 6.07 Å². The summed E-state index contributed by atoms with van der Waals surface area (Å²) in [6.45, 7) is 5.87. The molecule has 17 heavy (non-hydrogen) atoms. The first-order valence-electron chi connectivity index (χ1n) is 5.76. The third kappa shape index (κ3) is 3.47. The van der Waals surface area contributed by atoms with Crippen molar-refractivity contribution in [2.24, 2.45) is 0 Å². The van der Waals surface area contributed by atoms with E-state index in [1.165, 1.54) is 6.07 Å². The maximum atomic E-state index is 10.6. The second-order valence-corrected chi connectivity index (χ2v) is 3.99. The first-order chi connectivity index (χ1) is 8.25. The van der Waals surface area contributed by atoms with Gasteiger partial charge in [0.25, 0.3) is 0 Å². The van der Waals surface area contributed by atoms with Gasteiger partial charge < -0.3 is 20.2 Å². The minimum absolute atomic E-state index is 0.0327. The molecule has 0 atom stereocenters. The molecule has 2 heterocycles. The first-order valence-corrected chi connectivity index (χ1v) is 5.76. The van der Waals surface area contributed by atoms with Crippen LogP contribution in [-0.4, -0.2) is 55.2 Å². The summed E-state index contributed by atoms with van der Waals surface area (Å²) < 4.78 is 5.09. The first kappa shape index (κ1) is 11.9. The lowest BCUT2D eigenvalue weighted by Crippen LogP contribution is -2.45. The van der Waals surface area contributed by atoms with Crippen LogP contribution in [0.15, 0.2) is 16.5 Å². The van der Waals surface area contributed by atoms with Crippen molar-refractivity contribution in [2.75, 3.05) is 44.6 Å². The number of aromatic carboxylic acids is 1. The minimum Gasteiger partial charge on any atom is -0.475 e. The molecule has 0 radical (unpaired) electrons. The standard InChI is InChI=1S/C11H17N3O3/c15-11(16)9-1-2-10(17-9)13-5-8-14-6-3-12-4-7-14/h1-2,12-13H,3-8H2,(H,15,16). The van der Waals surface area contributed by atoms with Crippen molar-refractivity contribution in [1.29, 1.82) is 0 Å². The molecule has 1 aliphatic rings. The number of carboxylic acids is 1. The SMILES string of the molecule is O=C(O)c1ccc(NCCN2CCNCC2)o1. The average Bonchev–Trinajstić information content (AvgIpc) is 2.79. The van der Waals surface area contributed by atoms with E-state index in [4.69, 9.17) is 9.52 Å². The topological polar surface area (TPSA) is 77.7 Å². The van der Waals surface area contributed by atoms with Crippen molar-refractivity contribution in [1.82, 2.24) is 10.2 Å². The van der Waals surface area contributed by atoms with E-state index in [2.05, 4.69) is 15.5 Å². The molecule has 0 spiro atoms. The molecule has 1 aliphatic heterocycles. The van der Waals surface area contributed by atoms with Gasteiger partial charge in [0.05, 0.1) is 0 Å². The number of furan rings is 1. The van der Waals surface area contributed by atoms with Crippen molar-refractivity contribution < 1.29 is 14.3 Å². The molecule has 1 fully saturated rings. The van der Waals surface area contributed by atoms with Gasteiger partial charge in [-0.3, -0.25) is 4.90 Å². The normalized spacial score (nSPS) is 16.9. The monoisotopic (exact) mass is 239 g/mol. The number of piperazine rings is 1. The molecule has 3 N–H and O–H groups in total. The molecule has 1 saturated heterocycles. The second-order valence-electron chi connectivity index (χ2n) is 3.99. The average molecular weight is 239 g/mol. The van der Waals surface area contributed by atoms with E-state index in [0.717, 1.165) is 39.3 Å². The van der Waals surface area contributed by atoms with E-state index in [1.54, 1.807) is 6.07 Å². The van der Waals surface area contributed by atoms with Gasteiger partial charge in [0, 0.05) is 45.3 Å². The molecule has 94 valence electrons. The zero-order valence-corrected chi connectivity index (χ0v) is 9.61. The quantitative estimate of drug-likeness (QED) is 0.685. The van der Waals surface area contributed by atoms with Crippen LogP contribution in [-0.2, 0) is 0 Å². The molecule has 0 aromatic carbocycles. The van der Waals surface area contributed by atoms with Gasteiger partial charge in [-0.15, -0.1) is 0 Å². The van der Waals surface area contributed by atoms with Crippen LogP contribution < -0.4 is 10.6 Å². The fourth-order valence-corrected chi connectivity index (χ4v) is 1.82. The third-order valence-corrected chi connectivity index (χ3v) is 2.75. The van der Waals surface area contributed by atoms with Crippen LogP contribution in [0, 0.1) is 0 Å². The zero-order chi connectivity index (χ0) is 12.1. The number of nitrogens with zero attached hydrogens (tertiary/aromatic N) is 1. The number of rotatable bonds is 5. The van der Waals surface area contributed by atoms with Gasteiger partial charge >= 0.3 is 5.97 Å². The molecule has 1 aromatic heterocycles. The predicted molar refractivity (Wildman–Crippen MR) is 63.5 cm³/mol. The molecule has 6 nitrogen and oxygen atoms in total. The summed E-state index contributed by atoms with van der Waals surface area (Å²) in [5.74, 6) is -0.563. The fraction of sp³-hybridized carbons (Fsp3) is 0.545. The van der Waals surface area contributed by atoms with Gasteiger partial charge in [-0.25, -0.2) is 4.79 Å². The Bertz CT molecular complexity index is 372. The lowest BCUT2D eigenvalue weighted by Gasteiger charge is -2.26. The van der Waals surface area contributed by atoms with Gasteiger partial charge in [-0.2, -0.15) is 0 Å². The van der Waals surface area contributed by atoms with E-state index in [9.17, 15) is 4.79 Å². The molecule has 0 aliphatic carbocycles. The summed E-state index contributed by atoms with van der Waals surface area (Å²) in [5.41, 5.74) is 0. The number of carbonyl (C=O) groups is 1. The summed E-state index contributed by atoms with van der Waals surface area (Å²) in [4.78, 5) is 13.0. The molecular formula is C11H17N3O3. The Labute approximate surface area is 99.6 Å². The van der Waals surface area contributed by atoms with Crippen LogP contribution in [0.1, 0.15) is 10.6 Å². The minimum atomic E-state index is -1.04. The summed E-state index contributed by atoms with van der Waals surface area (Å²) >= 11 is 0. The molecule has 0 amide bonds. The number of nitrogens with one attached hydrogen (secondary N) is 2. The number of carboxylic acid groups (broad SMARTS) is 1. The van der Waals surface area contributed by atoms with Crippen LogP contribution in [0.3, 0.4) is 0 Å². The molecule has 1 aromatic rings. The Kier molecular flexibility index (Phi) is 4.00. The van der Waals surface area contributed by atoms with Gasteiger partial charge in [0.15, 0.2) is 5.88 Å². The van der Waals surface area contributed by atoms with Crippen LogP contribution >= 0.6 is 0 Å². The summed E-state index contributed by atoms with van der Waals surface area (Å²) in [6.07, 6.45) is 0. The highest BCUT2D eigenvalue weighted by molar-refractivity contribution is 5.84. The maximum Gasteiger partial charge on any atom is 0.371 e. The van der Waals surface area contributed by atoms with E-state index in [1.807, 2.05) is 0 Å². The van der Waals surface area contributed by atoms with Crippen LogP contribution in [0.4, 0.5) is 5.88 Å². The Hall–Kier alpha value is -1.53. The number of anilines is 1. The van der Waals surface area contributed by atoms with E-state index in [0.29, 0.717) is 5.88 Å². The number of hydrogen-bond donors (Lipinski definition) is 3. The van der Waals surface area contributed by atoms with Gasteiger partial charge in [-0.1, -0.05) is 0 Å². The Morgan fingerprint density at radius 2 is 2.24 bits per heavy atom. The molecule has 0 saturated carbocycles. The molecular weight excluding hydrogens is 222 g/mol. The van der Waals surface area contributed by atoms with Crippen molar-refractivity contribution in [2.45, 2.75) is 0 Å². The van der Waals surface area contributed by atoms with Gasteiger partial charge in [0.2, 0.25) is 5.76 Å². The fourth-order valence-electron chi connectivity index (χ4n) is 1.82. The summed E-state index contributed by atoms with van der Waals surface area (Å²) in [5, 5.41) is 15.1. The van der Waals surface area contributed by atoms with E-state index >= 15 is 0 Å². The highest BCUT2D eigenvalue weighted by Crippen LogP contribution is 2.12. The van der Waals surface area contributed by atoms with E-state index in [-0.39, 0.29) is 5.76 Å². The van der Waals surface area contributed by atoms with Crippen LogP contribution in [0.5, 0.6) is 0 Å². The van der Waals surface area contributed by atoms with Crippen molar-refractivity contribution in [3.05, 3.63) is 17.9 Å². The highest BCUT2D eigenvalue weighted by atomic mass is 16.4. The van der Waals surface area contributed by atoms with Crippen LogP contribution in [0.2, 0.25) is 0 Å².